The van der Waals surface area contributed by atoms with Gasteiger partial charge in [0.1, 0.15) is 0 Å². The summed E-state index contributed by atoms with van der Waals surface area (Å²) in [4.78, 5) is 0. The lowest BCUT2D eigenvalue weighted by atomic mass is 10.2. The number of rotatable bonds is 8. The average Bonchev–Trinajstić information content (AvgIpc) is 2.23. The summed E-state index contributed by atoms with van der Waals surface area (Å²) >= 11 is 0. The number of aliphatic hydroxyl groups is 1. The topological polar surface area (TPSA) is 29.5 Å². The first-order chi connectivity index (χ1) is 7.82. The van der Waals surface area contributed by atoms with Gasteiger partial charge in [-0.15, -0.1) is 6.58 Å². The fourth-order valence-corrected chi connectivity index (χ4v) is 8.45. The first-order valence-corrected chi connectivity index (χ1v) is 8.84. The molecule has 17 heavy (non-hydrogen) atoms. The van der Waals surface area contributed by atoms with Gasteiger partial charge in [-0.1, -0.05) is 47.6 Å². The average molecular weight is 258 g/mol. The molecule has 0 aromatic carbocycles. The zero-order chi connectivity index (χ0) is 13.6. The van der Waals surface area contributed by atoms with Crippen molar-refractivity contribution >= 4 is 8.32 Å². The van der Waals surface area contributed by atoms with Crippen LogP contribution < -0.4 is 0 Å². The van der Waals surface area contributed by atoms with E-state index in [9.17, 15) is 5.11 Å². The van der Waals surface area contributed by atoms with E-state index in [4.69, 9.17) is 4.43 Å². The predicted molar refractivity (Wildman–Crippen MR) is 77.8 cm³/mol. The maximum absolute atomic E-state index is 9.20. The van der Waals surface area contributed by atoms with Crippen molar-refractivity contribution in [1.82, 2.24) is 0 Å². The van der Waals surface area contributed by atoms with Gasteiger partial charge >= 0.3 is 0 Å². The molecule has 1 atom stereocenters. The van der Waals surface area contributed by atoms with Crippen LogP contribution in [0.5, 0.6) is 0 Å². The molecule has 102 valence electrons. The van der Waals surface area contributed by atoms with Crippen LogP contribution in [0.15, 0.2) is 12.7 Å². The Bertz CT molecular complexity index is 202. The molecule has 0 aliphatic rings. The Labute approximate surface area is 108 Å². The van der Waals surface area contributed by atoms with Crippen LogP contribution in [0.1, 0.15) is 41.5 Å². The second-order valence-corrected chi connectivity index (χ2v) is 11.3. The maximum Gasteiger partial charge on any atom is 0.200 e. The lowest BCUT2D eigenvalue weighted by molar-refractivity contribution is 0.177. The number of hydrogen-bond donors (Lipinski definition) is 1. The van der Waals surface area contributed by atoms with Crippen molar-refractivity contribution in [2.75, 3.05) is 13.2 Å². The molecule has 1 N–H and O–H groups in total. The third-order valence-electron chi connectivity index (χ3n) is 3.82. The molecule has 0 heterocycles. The fraction of sp³-hybridized carbons (Fsp3) is 0.857. The van der Waals surface area contributed by atoms with Crippen LogP contribution in [-0.2, 0) is 4.43 Å². The van der Waals surface area contributed by atoms with Crippen LogP contribution >= 0.6 is 0 Å². The third-order valence-corrected chi connectivity index (χ3v) is 9.90. The molecule has 0 aromatic heterocycles. The molecule has 1 unspecified atom stereocenters. The standard InChI is InChI=1S/C14H30O2Si/c1-8-14(9-15)10-16-17(11(2)3,12(4)5)13(6)7/h8,11-15H,1,9-10H2,2-7H3. The highest BCUT2D eigenvalue weighted by molar-refractivity contribution is 6.77. The third kappa shape index (κ3) is 3.93. The molecule has 0 aliphatic carbocycles. The molecule has 0 aromatic rings. The van der Waals surface area contributed by atoms with E-state index < -0.39 is 8.32 Å². The summed E-state index contributed by atoms with van der Waals surface area (Å²) in [6.45, 7) is 18.1. The van der Waals surface area contributed by atoms with Crippen LogP contribution in [0.25, 0.3) is 0 Å². The summed E-state index contributed by atoms with van der Waals surface area (Å²) in [7, 11) is -1.78. The van der Waals surface area contributed by atoms with Crippen molar-refractivity contribution in [3.05, 3.63) is 12.7 Å². The van der Waals surface area contributed by atoms with Crippen molar-refractivity contribution in [3.63, 3.8) is 0 Å². The van der Waals surface area contributed by atoms with Crippen molar-refractivity contribution in [2.24, 2.45) is 5.92 Å². The van der Waals surface area contributed by atoms with Gasteiger partial charge in [0.15, 0.2) is 8.32 Å². The van der Waals surface area contributed by atoms with E-state index in [1.165, 1.54) is 0 Å². The molecular weight excluding hydrogens is 228 g/mol. The fourth-order valence-electron chi connectivity index (χ4n) is 2.95. The molecule has 0 rings (SSSR count). The predicted octanol–water partition coefficient (Wildman–Crippen LogP) is 3.97. The van der Waals surface area contributed by atoms with Gasteiger partial charge < -0.3 is 9.53 Å². The Morgan fingerprint density at radius 2 is 1.47 bits per heavy atom. The SMILES string of the molecule is C=CC(CO)CO[Si](C(C)C)(C(C)C)C(C)C. The quantitative estimate of drug-likeness (QED) is 0.527. The highest BCUT2D eigenvalue weighted by Crippen LogP contribution is 2.42. The summed E-state index contributed by atoms with van der Waals surface area (Å²) in [5.74, 6) is 0.0677. The largest absolute Gasteiger partial charge is 0.415 e. The van der Waals surface area contributed by atoms with Gasteiger partial charge in [0.05, 0.1) is 6.61 Å². The summed E-state index contributed by atoms with van der Waals surface area (Å²) in [6.07, 6.45) is 1.79. The van der Waals surface area contributed by atoms with Gasteiger partial charge in [-0.25, -0.2) is 0 Å². The Balaban J connectivity index is 4.87. The second-order valence-electron chi connectivity index (χ2n) is 5.81. The minimum absolute atomic E-state index is 0.0677. The van der Waals surface area contributed by atoms with E-state index in [1.54, 1.807) is 6.08 Å². The molecule has 2 nitrogen and oxygen atoms in total. The van der Waals surface area contributed by atoms with Gasteiger partial charge in [0.25, 0.3) is 0 Å². The van der Waals surface area contributed by atoms with E-state index in [-0.39, 0.29) is 12.5 Å². The Hall–Kier alpha value is -0.123. The molecule has 3 heteroatoms. The highest BCUT2D eigenvalue weighted by atomic mass is 28.4. The van der Waals surface area contributed by atoms with Gasteiger partial charge in [0.2, 0.25) is 0 Å². The molecule has 0 bridgehead atoms. The number of aliphatic hydroxyl groups excluding tert-OH is 1. The van der Waals surface area contributed by atoms with Gasteiger partial charge in [-0.3, -0.25) is 0 Å². The molecule has 0 saturated carbocycles. The molecular formula is C14H30O2Si. The molecule has 0 amide bonds. The monoisotopic (exact) mass is 258 g/mol. The van der Waals surface area contributed by atoms with Crippen molar-refractivity contribution in [1.29, 1.82) is 0 Å². The summed E-state index contributed by atoms with van der Waals surface area (Å²) in [5.41, 5.74) is 1.77. The van der Waals surface area contributed by atoms with Crippen LogP contribution in [-0.4, -0.2) is 26.6 Å². The van der Waals surface area contributed by atoms with Crippen molar-refractivity contribution in [2.45, 2.75) is 58.2 Å². The molecule has 0 radical (unpaired) electrons. The Kier molecular flexibility index (Phi) is 7.29. The zero-order valence-corrected chi connectivity index (χ0v) is 13.4. The number of hydrogen-bond acceptors (Lipinski definition) is 2. The normalized spacial score (nSPS) is 14.7. The summed E-state index contributed by atoms with van der Waals surface area (Å²) in [6, 6.07) is 0. The zero-order valence-electron chi connectivity index (χ0n) is 12.4. The van der Waals surface area contributed by atoms with E-state index in [0.29, 0.717) is 23.2 Å². The van der Waals surface area contributed by atoms with Crippen LogP contribution in [0.3, 0.4) is 0 Å². The second kappa shape index (κ2) is 7.34. The Morgan fingerprint density at radius 3 is 1.71 bits per heavy atom. The van der Waals surface area contributed by atoms with Crippen LogP contribution in [0, 0.1) is 5.92 Å². The van der Waals surface area contributed by atoms with Gasteiger partial charge in [-0.2, -0.15) is 0 Å². The highest BCUT2D eigenvalue weighted by Gasteiger charge is 2.45. The summed E-state index contributed by atoms with van der Waals surface area (Å²) in [5, 5.41) is 9.20. The van der Waals surface area contributed by atoms with Crippen LogP contribution in [0.2, 0.25) is 16.6 Å². The molecule has 0 spiro atoms. The first kappa shape index (κ1) is 16.9. The van der Waals surface area contributed by atoms with Crippen molar-refractivity contribution < 1.29 is 9.53 Å². The summed E-state index contributed by atoms with van der Waals surface area (Å²) < 4.78 is 6.37. The van der Waals surface area contributed by atoms with Gasteiger partial charge in [-0.05, 0) is 16.6 Å². The first-order valence-electron chi connectivity index (χ1n) is 6.70. The maximum atomic E-state index is 9.20. The van der Waals surface area contributed by atoms with E-state index in [0.717, 1.165) is 0 Å². The lowest BCUT2D eigenvalue weighted by Gasteiger charge is -2.42. The van der Waals surface area contributed by atoms with E-state index in [1.807, 2.05) is 0 Å². The van der Waals surface area contributed by atoms with E-state index in [2.05, 4.69) is 48.1 Å². The molecule has 0 aliphatic heterocycles. The van der Waals surface area contributed by atoms with Crippen molar-refractivity contribution in [3.8, 4) is 0 Å². The minimum Gasteiger partial charge on any atom is -0.415 e. The Morgan fingerprint density at radius 1 is 1.06 bits per heavy atom. The smallest absolute Gasteiger partial charge is 0.200 e. The van der Waals surface area contributed by atoms with Crippen LogP contribution in [0.4, 0.5) is 0 Å². The molecule has 0 fully saturated rings. The molecule has 0 saturated heterocycles. The van der Waals surface area contributed by atoms with Gasteiger partial charge in [0, 0.05) is 12.5 Å². The minimum atomic E-state index is -1.78. The lowest BCUT2D eigenvalue weighted by Crippen LogP contribution is -2.48. The van der Waals surface area contributed by atoms with E-state index >= 15 is 0 Å².